The molecule has 0 saturated heterocycles. The summed E-state index contributed by atoms with van der Waals surface area (Å²) in [6, 6.07) is 13.2. The zero-order chi connectivity index (χ0) is 14.8. The Kier molecular flexibility index (Phi) is 4.90. The maximum absolute atomic E-state index is 5.97. The van der Waals surface area contributed by atoms with Crippen LogP contribution in [0.3, 0.4) is 0 Å². The molecule has 0 spiro atoms. The highest BCUT2D eigenvalue weighted by molar-refractivity contribution is 7.16. The van der Waals surface area contributed by atoms with E-state index in [0.29, 0.717) is 6.04 Å². The van der Waals surface area contributed by atoms with Gasteiger partial charge in [0.25, 0.3) is 0 Å². The van der Waals surface area contributed by atoms with Crippen LogP contribution in [0.15, 0.2) is 36.4 Å². The largest absolute Gasteiger partial charge is 0.305 e. The molecule has 0 bridgehead atoms. The molecule has 3 heteroatoms. The Bertz CT molecular complexity index is 551. The summed E-state index contributed by atoms with van der Waals surface area (Å²) in [5.74, 6) is 0. The first kappa shape index (κ1) is 15.6. The molecule has 0 saturated carbocycles. The predicted molar refractivity (Wildman–Crippen MR) is 89.7 cm³/mol. The first-order valence-electron chi connectivity index (χ1n) is 6.94. The zero-order valence-corrected chi connectivity index (χ0v) is 14.1. The predicted octanol–water partition coefficient (Wildman–Crippen LogP) is 5.55. The van der Waals surface area contributed by atoms with Crippen molar-refractivity contribution in [2.24, 2.45) is 0 Å². The minimum absolute atomic E-state index is 0.215. The van der Waals surface area contributed by atoms with Crippen LogP contribution in [0.1, 0.15) is 49.7 Å². The van der Waals surface area contributed by atoms with Gasteiger partial charge in [-0.2, -0.15) is 0 Å². The van der Waals surface area contributed by atoms with Crippen LogP contribution in [-0.2, 0) is 12.0 Å². The molecule has 2 aromatic rings. The normalized spacial score (nSPS) is 13.4. The summed E-state index contributed by atoms with van der Waals surface area (Å²) >= 11 is 7.61. The molecule has 1 N–H and O–H groups in total. The molecule has 0 radical (unpaired) electrons. The van der Waals surface area contributed by atoms with E-state index in [-0.39, 0.29) is 5.41 Å². The van der Waals surface area contributed by atoms with E-state index in [2.05, 4.69) is 63.3 Å². The summed E-state index contributed by atoms with van der Waals surface area (Å²) in [6.45, 7) is 9.77. The Morgan fingerprint density at radius 1 is 1.10 bits per heavy atom. The van der Waals surface area contributed by atoms with Gasteiger partial charge in [-0.3, -0.25) is 0 Å². The van der Waals surface area contributed by atoms with Crippen molar-refractivity contribution < 1.29 is 0 Å². The van der Waals surface area contributed by atoms with E-state index in [1.165, 1.54) is 16.0 Å². The summed E-state index contributed by atoms with van der Waals surface area (Å²) in [4.78, 5) is 1.28. The zero-order valence-electron chi connectivity index (χ0n) is 12.5. The summed E-state index contributed by atoms with van der Waals surface area (Å²) < 4.78 is 0.850. The van der Waals surface area contributed by atoms with Crippen LogP contribution >= 0.6 is 22.9 Å². The Labute approximate surface area is 131 Å². The molecule has 1 nitrogen and oxygen atoms in total. The monoisotopic (exact) mass is 307 g/mol. The van der Waals surface area contributed by atoms with Gasteiger partial charge < -0.3 is 5.32 Å². The fourth-order valence-corrected chi connectivity index (χ4v) is 3.14. The van der Waals surface area contributed by atoms with Crippen LogP contribution in [0.4, 0.5) is 0 Å². The van der Waals surface area contributed by atoms with Gasteiger partial charge >= 0.3 is 0 Å². The number of thiophene rings is 1. The Morgan fingerprint density at radius 2 is 1.75 bits per heavy atom. The Hall–Kier alpha value is -0.830. The first-order valence-corrected chi connectivity index (χ1v) is 8.14. The minimum Gasteiger partial charge on any atom is -0.305 e. The van der Waals surface area contributed by atoms with Gasteiger partial charge in [-0.05, 0) is 35.6 Å². The fraction of sp³-hybridized carbons (Fsp3) is 0.412. The van der Waals surface area contributed by atoms with Crippen molar-refractivity contribution in [3.05, 3.63) is 56.7 Å². The molecular formula is C17H22ClNS. The second-order valence-corrected chi connectivity index (χ2v) is 7.94. The van der Waals surface area contributed by atoms with Gasteiger partial charge in [0.05, 0.1) is 4.34 Å². The number of halogens is 1. The third-order valence-corrected chi connectivity index (χ3v) is 4.87. The first-order chi connectivity index (χ1) is 9.36. The van der Waals surface area contributed by atoms with E-state index in [1.54, 1.807) is 11.3 Å². The fourth-order valence-electron chi connectivity index (χ4n) is 2.06. The van der Waals surface area contributed by atoms with Crippen molar-refractivity contribution in [3.63, 3.8) is 0 Å². The van der Waals surface area contributed by atoms with Crippen LogP contribution in [0.25, 0.3) is 0 Å². The second-order valence-electron chi connectivity index (χ2n) is 6.19. The van der Waals surface area contributed by atoms with Crippen LogP contribution in [0.2, 0.25) is 4.34 Å². The average molecular weight is 308 g/mol. The number of benzene rings is 1. The van der Waals surface area contributed by atoms with E-state index >= 15 is 0 Å². The summed E-state index contributed by atoms with van der Waals surface area (Å²) in [7, 11) is 0. The second kappa shape index (κ2) is 6.30. The standard InChI is InChI=1S/C17H22ClNS/c1-12(15-9-10-16(18)20-15)19-11-13-5-7-14(8-6-13)17(2,3)4/h5-10,12,19H,11H2,1-4H3. The minimum atomic E-state index is 0.215. The van der Waals surface area contributed by atoms with Crippen molar-refractivity contribution in [1.82, 2.24) is 5.32 Å². The molecule has 108 valence electrons. The third-order valence-electron chi connectivity index (χ3n) is 3.45. The lowest BCUT2D eigenvalue weighted by Crippen LogP contribution is -2.17. The van der Waals surface area contributed by atoms with E-state index in [4.69, 9.17) is 11.6 Å². The van der Waals surface area contributed by atoms with Crippen LogP contribution < -0.4 is 5.32 Å². The molecule has 1 aromatic heterocycles. The molecule has 20 heavy (non-hydrogen) atoms. The van der Waals surface area contributed by atoms with Crippen molar-refractivity contribution in [1.29, 1.82) is 0 Å². The van der Waals surface area contributed by atoms with Crippen molar-refractivity contribution in [2.45, 2.75) is 45.7 Å². The van der Waals surface area contributed by atoms with Gasteiger partial charge in [-0.1, -0.05) is 56.6 Å². The van der Waals surface area contributed by atoms with Crippen LogP contribution in [-0.4, -0.2) is 0 Å². The third kappa shape index (κ3) is 4.08. The summed E-state index contributed by atoms with van der Waals surface area (Å²) in [5.41, 5.74) is 2.90. The molecule has 0 aliphatic heterocycles. The molecule has 0 aliphatic rings. The number of nitrogens with one attached hydrogen (secondary N) is 1. The topological polar surface area (TPSA) is 12.0 Å². The molecule has 1 heterocycles. The molecule has 1 atom stereocenters. The maximum Gasteiger partial charge on any atom is 0.0931 e. The lowest BCUT2D eigenvalue weighted by atomic mass is 9.87. The highest BCUT2D eigenvalue weighted by Gasteiger charge is 2.13. The molecule has 1 unspecified atom stereocenters. The van der Waals surface area contributed by atoms with Crippen molar-refractivity contribution in [3.8, 4) is 0 Å². The molecule has 1 aromatic carbocycles. The maximum atomic E-state index is 5.97. The van der Waals surface area contributed by atoms with Gasteiger partial charge in [-0.15, -0.1) is 11.3 Å². The Morgan fingerprint density at radius 3 is 2.25 bits per heavy atom. The molecule has 0 amide bonds. The van der Waals surface area contributed by atoms with Gasteiger partial charge in [0.2, 0.25) is 0 Å². The van der Waals surface area contributed by atoms with Crippen molar-refractivity contribution in [2.75, 3.05) is 0 Å². The number of rotatable bonds is 4. The van der Waals surface area contributed by atoms with Crippen LogP contribution in [0, 0.1) is 0 Å². The van der Waals surface area contributed by atoms with Gasteiger partial charge in [0, 0.05) is 17.5 Å². The quantitative estimate of drug-likeness (QED) is 0.781. The van der Waals surface area contributed by atoms with E-state index in [9.17, 15) is 0 Å². The van der Waals surface area contributed by atoms with E-state index in [0.717, 1.165) is 10.9 Å². The van der Waals surface area contributed by atoms with Crippen molar-refractivity contribution >= 4 is 22.9 Å². The van der Waals surface area contributed by atoms with E-state index < -0.39 is 0 Å². The lowest BCUT2D eigenvalue weighted by molar-refractivity contribution is 0.578. The Balaban J connectivity index is 1.94. The van der Waals surface area contributed by atoms with Gasteiger partial charge in [-0.25, -0.2) is 0 Å². The van der Waals surface area contributed by atoms with Gasteiger partial charge in [0.1, 0.15) is 0 Å². The molecular weight excluding hydrogens is 286 g/mol. The van der Waals surface area contributed by atoms with Crippen LogP contribution in [0.5, 0.6) is 0 Å². The SMILES string of the molecule is CC(NCc1ccc(C(C)(C)C)cc1)c1ccc(Cl)s1. The average Bonchev–Trinajstić information content (AvgIpc) is 2.82. The summed E-state index contributed by atoms with van der Waals surface area (Å²) in [5, 5.41) is 3.54. The smallest absolute Gasteiger partial charge is 0.0931 e. The highest BCUT2D eigenvalue weighted by atomic mass is 35.5. The highest BCUT2D eigenvalue weighted by Crippen LogP contribution is 2.27. The van der Waals surface area contributed by atoms with E-state index in [1.807, 2.05) is 6.07 Å². The lowest BCUT2D eigenvalue weighted by Gasteiger charge is -2.19. The number of hydrogen-bond donors (Lipinski definition) is 1. The summed E-state index contributed by atoms with van der Waals surface area (Å²) in [6.07, 6.45) is 0. The number of hydrogen-bond acceptors (Lipinski definition) is 2. The molecule has 0 aliphatic carbocycles. The molecule has 2 rings (SSSR count). The molecule has 0 fully saturated rings. The van der Waals surface area contributed by atoms with Gasteiger partial charge in [0.15, 0.2) is 0 Å².